The zero-order valence-corrected chi connectivity index (χ0v) is 4.35. The fourth-order valence-electron chi connectivity index (χ4n) is 0.799. The minimum absolute atomic E-state index is 0.297. The Morgan fingerprint density at radius 2 is 2.14 bits per heavy atom. The van der Waals surface area contributed by atoms with Crippen LogP contribution in [0.2, 0.25) is 0 Å². The first-order chi connectivity index (χ1) is 3.30. The van der Waals surface area contributed by atoms with E-state index in [9.17, 15) is 0 Å². The molecule has 0 aliphatic heterocycles. The van der Waals surface area contributed by atoms with Crippen molar-refractivity contribution in [1.29, 1.82) is 0 Å². The van der Waals surface area contributed by atoms with E-state index < -0.39 is 0 Å². The van der Waals surface area contributed by atoms with Crippen LogP contribution in [0, 0.1) is 5.92 Å². The molecule has 42 valence electrons. The fourth-order valence-corrected chi connectivity index (χ4v) is 0.799. The van der Waals surface area contributed by atoms with Crippen LogP contribution in [0.3, 0.4) is 0 Å². The molecular weight excluding hydrogens is 88.1 g/mol. The van der Waals surface area contributed by atoms with Gasteiger partial charge in [-0.2, -0.15) is 0 Å². The number of nitrogens with one attached hydrogen (secondary N) is 1. The molecule has 0 aromatic rings. The van der Waals surface area contributed by atoms with Gasteiger partial charge in [-0.3, -0.25) is 0 Å². The van der Waals surface area contributed by atoms with E-state index in [1.165, 1.54) is 19.3 Å². The van der Waals surface area contributed by atoms with Gasteiger partial charge in [-0.1, -0.05) is 25.4 Å². The Balaban J connectivity index is 2.14. The van der Waals surface area contributed by atoms with Gasteiger partial charge < -0.3 is 11.5 Å². The van der Waals surface area contributed by atoms with Gasteiger partial charge in [0.05, 0.1) is 0 Å². The number of rotatable bonds is 1. The first-order valence-electron chi connectivity index (χ1n) is 2.77. The average Bonchev–Trinajstić information content (AvgIpc) is 1.23. The van der Waals surface area contributed by atoms with E-state index in [0.717, 1.165) is 0 Å². The minimum Gasteiger partial charge on any atom is -0.662 e. The summed E-state index contributed by atoms with van der Waals surface area (Å²) in [6.45, 7) is 0. The molecule has 0 spiro atoms. The topological polar surface area (TPSA) is 49.8 Å². The van der Waals surface area contributed by atoms with Gasteiger partial charge in [0.15, 0.2) is 0 Å². The number of hydrogen-bond donors (Lipinski definition) is 1. The van der Waals surface area contributed by atoms with Crippen LogP contribution < -0.4 is 5.73 Å². The molecule has 1 atom stereocenters. The molecule has 1 fully saturated rings. The molecule has 0 bridgehead atoms. The summed E-state index contributed by atoms with van der Waals surface area (Å²) in [5.41, 5.74) is 12.3. The van der Waals surface area contributed by atoms with Gasteiger partial charge in [-0.05, 0) is 5.92 Å². The van der Waals surface area contributed by atoms with E-state index in [0.29, 0.717) is 5.92 Å². The Morgan fingerprint density at radius 3 is 2.14 bits per heavy atom. The molecule has 0 amide bonds. The van der Waals surface area contributed by atoms with Crippen LogP contribution in [0.4, 0.5) is 0 Å². The van der Waals surface area contributed by atoms with Crippen LogP contribution in [0.25, 0.3) is 5.73 Å². The van der Waals surface area contributed by atoms with E-state index in [2.05, 4.69) is 0 Å². The molecule has 1 rings (SSSR count). The third-order valence-electron chi connectivity index (χ3n) is 1.66. The molecule has 0 saturated heterocycles. The summed E-state index contributed by atoms with van der Waals surface area (Å²) in [5.74, 6) is 0.528. The molecule has 1 saturated carbocycles. The van der Waals surface area contributed by atoms with Gasteiger partial charge in [0.25, 0.3) is 0 Å². The standard InChI is InChI=1S/C5H11N2/c6-5(7)4-2-1-3-4/h4-6H,1-3,7H2/q-1. The van der Waals surface area contributed by atoms with E-state index in [1.807, 2.05) is 0 Å². The van der Waals surface area contributed by atoms with E-state index >= 15 is 0 Å². The molecule has 3 N–H and O–H groups in total. The van der Waals surface area contributed by atoms with E-state index in [-0.39, 0.29) is 6.17 Å². The first-order valence-corrected chi connectivity index (χ1v) is 2.77. The number of hydrogen-bond acceptors (Lipinski definition) is 1. The Bertz CT molecular complexity index is 57.1. The molecule has 1 aliphatic rings. The van der Waals surface area contributed by atoms with Gasteiger partial charge in [0.2, 0.25) is 0 Å². The van der Waals surface area contributed by atoms with Crippen molar-refractivity contribution >= 4 is 0 Å². The molecule has 0 radical (unpaired) electrons. The lowest BCUT2D eigenvalue weighted by Gasteiger charge is -2.33. The second-order valence-corrected chi connectivity index (χ2v) is 2.22. The van der Waals surface area contributed by atoms with Crippen LogP contribution in [-0.2, 0) is 0 Å². The van der Waals surface area contributed by atoms with Crippen molar-refractivity contribution in [2.24, 2.45) is 11.7 Å². The molecule has 1 unspecified atom stereocenters. The highest BCUT2D eigenvalue weighted by Crippen LogP contribution is 2.28. The molecule has 0 aromatic carbocycles. The van der Waals surface area contributed by atoms with Crippen LogP contribution in [0.1, 0.15) is 19.3 Å². The summed E-state index contributed by atoms with van der Waals surface area (Å²) >= 11 is 0. The zero-order chi connectivity index (χ0) is 5.28. The maximum absolute atomic E-state index is 7.01. The molecular formula is C5H11N2-. The second-order valence-electron chi connectivity index (χ2n) is 2.22. The van der Waals surface area contributed by atoms with Crippen molar-refractivity contribution in [3.8, 4) is 0 Å². The molecule has 2 heteroatoms. The lowest BCUT2D eigenvalue weighted by molar-refractivity contribution is 0.289. The van der Waals surface area contributed by atoms with Crippen molar-refractivity contribution < 1.29 is 0 Å². The molecule has 0 heterocycles. The largest absolute Gasteiger partial charge is 0.662 e. The van der Waals surface area contributed by atoms with Gasteiger partial charge in [0.1, 0.15) is 0 Å². The van der Waals surface area contributed by atoms with Crippen LogP contribution in [0.5, 0.6) is 0 Å². The normalized spacial score (nSPS) is 26.6. The highest BCUT2D eigenvalue weighted by Gasteiger charge is 2.16. The van der Waals surface area contributed by atoms with E-state index in [1.54, 1.807) is 0 Å². The Kier molecular flexibility index (Phi) is 1.30. The first kappa shape index (κ1) is 5.06. The third kappa shape index (κ3) is 0.924. The smallest absolute Gasteiger partial charge is 0.0455 e. The quantitative estimate of drug-likeness (QED) is 0.526. The van der Waals surface area contributed by atoms with Gasteiger partial charge in [-0.25, -0.2) is 0 Å². The Hall–Kier alpha value is -0.0800. The SMILES string of the molecule is [NH-]C(N)C1CCC1. The lowest BCUT2D eigenvalue weighted by atomic mass is 9.83. The average molecular weight is 99.2 g/mol. The highest BCUT2D eigenvalue weighted by molar-refractivity contribution is 4.82. The molecule has 7 heavy (non-hydrogen) atoms. The summed E-state index contributed by atoms with van der Waals surface area (Å²) < 4.78 is 0. The molecule has 1 aliphatic carbocycles. The predicted octanol–water partition coefficient (Wildman–Crippen LogP) is 1.12. The third-order valence-corrected chi connectivity index (χ3v) is 1.66. The Morgan fingerprint density at radius 1 is 1.57 bits per heavy atom. The Labute approximate surface area is 43.9 Å². The molecule has 0 aromatic heterocycles. The minimum atomic E-state index is -0.297. The van der Waals surface area contributed by atoms with E-state index in [4.69, 9.17) is 11.5 Å². The van der Waals surface area contributed by atoms with Gasteiger partial charge in [-0.15, -0.1) is 0 Å². The zero-order valence-electron chi connectivity index (χ0n) is 4.35. The van der Waals surface area contributed by atoms with Crippen LogP contribution >= 0.6 is 0 Å². The van der Waals surface area contributed by atoms with Crippen molar-refractivity contribution in [3.05, 3.63) is 5.73 Å². The number of nitrogens with two attached hydrogens (primary N) is 1. The van der Waals surface area contributed by atoms with Gasteiger partial charge in [0, 0.05) is 0 Å². The van der Waals surface area contributed by atoms with Crippen LogP contribution in [0.15, 0.2) is 0 Å². The predicted molar refractivity (Wildman–Crippen MR) is 29.6 cm³/mol. The maximum atomic E-state index is 7.01. The van der Waals surface area contributed by atoms with Crippen molar-refractivity contribution in [2.45, 2.75) is 25.4 Å². The molecule has 2 nitrogen and oxygen atoms in total. The summed E-state index contributed by atoms with van der Waals surface area (Å²) in [4.78, 5) is 0. The van der Waals surface area contributed by atoms with Gasteiger partial charge >= 0.3 is 0 Å². The second kappa shape index (κ2) is 1.80. The highest BCUT2D eigenvalue weighted by atomic mass is 14.9. The van der Waals surface area contributed by atoms with Crippen molar-refractivity contribution in [2.75, 3.05) is 0 Å². The maximum Gasteiger partial charge on any atom is -0.0455 e. The summed E-state index contributed by atoms with van der Waals surface area (Å²) in [6.07, 6.45) is 3.36. The summed E-state index contributed by atoms with van der Waals surface area (Å²) in [6, 6.07) is 0. The lowest BCUT2D eigenvalue weighted by Crippen LogP contribution is -2.30. The fraction of sp³-hybridized carbons (Fsp3) is 1.00. The monoisotopic (exact) mass is 99.1 g/mol. The van der Waals surface area contributed by atoms with Crippen molar-refractivity contribution in [1.82, 2.24) is 0 Å². The summed E-state index contributed by atoms with van der Waals surface area (Å²) in [5, 5.41) is 0. The van der Waals surface area contributed by atoms with Crippen LogP contribution in [-0.4, -0.2) is 6.17 Å². The summed E-state index contributed by atoms with van der Waals surface area (Å²) in [7, 11) is 0. The van der Waals surface area contributed by atoms with Crippen molar-refractivity contribution in [3.63, 3.8) is 0 Å².